The summed E-state index contributed by atoms with van der Waals surface area (Å²) in [5.41, 5.74) is 1.55. The van der Waals surface area contributed by atoms with Gasteiger partial charge in [-0.25, -0.2) is 4.79 Å². The first-order valence-electron chi connectivity index (χ1n) is 9.90. The van der Waals surface area contributed by atoms with Crippen LogP contribution in [0.5, 0.6) is 0 Å². The van der Waals surface area contributed by atoms with Crippen LogP contribution in [0.4, 0.5) is 10.5 Å². The molecule has 1 saturated heterocycles. The van der Waals surface area contributed by atoms with Crippen molar-refractivity contribution in [2.75, 3.05) is 18.5 Å². The number of hydrogen-bond acceptors (Lipinski definition) is 5. The molecule has 8 heteroatoms. The largest absolute Gasteiger partial charge is 0.454 e. The molecule has 2 atom stereocenters. The van der Waals surface area contributed by atoms with Crippen molar-refractivity contribution in [1.29, 1.82) is 0 Å². The van der Waals surface area contributed by atoms with Crippen LogP contribution in [0, 0.1) is 19.8 Å². The molecule has 2 fully saturated rings. The number of aryl methyl sites for hydroxylation is 2. The van der Waals surface area contributed by atoms with Crippen molar-refractivity contribution in [3.63, 3.8) is 0 Å². The lowest BCUT2D eigenvalue weighted by Crippen LogP contribution is -2.54. The Kier molecular flexibility index (Phi) is 5.91. The Morgan fingerprint density at radius 1 is 1.24 bits per heavy atom. The van der Waals surface area contributed by atoms with E-state index in [4.69, 9.17) is 4.74 Å². The predicted molar refractivity (Wildman–Crippen MR) is 106 cm³/mol. The van der Waals surface area contributed by atoms with Crippen LogP contribution in [-0.4, -0.2) is 47.4 Å². The lowest BCUT2D eigenvalue weighted by atomic mass is 9.73. The number of ether oxygens (including phenoxy) is 1. The molecule has 156 valence electrons. The van der Waals surface area contributed by atoms with Crippen molar-refractivity contribution in [2.24, 2.45) is 5.92 Å². The first-order valence-corrected chi connectivity index (χ1v) is 9.90. The van der Waals surface area contributed by atoms with Crippen LogP contribution in [0.3, 0.4) is 0 Å². The fraction of sp³-hybridized carbons (Fsp3) is 0.524. The average molecular weight is 401 g/mol. The minimum atomic E-state index is -0.921. The van der Waals surface area contributed by atoms with E-state index in [-0.39, 0.29) is 11.8 Å². The summed E-state index contributed by atoms with van der Waals surface area (Å²) in [4.78, 5) is 50.3. The number of nitrogens with one attached hydrogen (secondary N) is 2. The SMILES string of the molecule is Cc1cccc(C)c1NC(=O)COC(=O)CN1C(=O)N[C@]2(CCCC[C@@H]2C)C1=O. The number of hydrogen-bond donors (Lipinski definition) is 2. The Morgan fingerprint density at radius 2 is 1.93 bits per heavy atom. The number of carbonyl (C=O) groups excluding carboxylic acids is 4. The average Bonchev–Trinajstić information content (AvgIpc) is 2.90. The number of urea groups is 1. The summed E-state index contributed by atoms with van der Waals surface area (Å²) < 4.78 is 4.99. The van der Waals surface area contributed by atoms with Gasteiger partial charge in [0, 0.05) is 5.69 Å². The van der Waals surface area contributed by atoms with Gasteiger partial charge in [0.15, 0.2) is 6.61 Å². The van der Waals surface area contributed by atoms with Gasteiger partial charge in [0.05, 0.1) is 0 Å². The number of nitrogens with zero attached hydrogens (tertiary/aromatic N) is 1. The topological polar surface area (TPSA) is 105 Å². The molecule has 1 aromatic rings. The summed E-state index contributed by atoms with van der Waals surface area (Å²) in [5, 5.41) is 5.51. The smallest absolute Gasteiger partial charge is 0.326 e. The maximum absolute atomic E-state index is 12.8. The van der Waals surface area contributed by atoms with Gasteiger partial charge in [-0.3, -0.25) is 19.3 Å². The maximum atomic E-state index is 12.8. The summed E-state index contributed by atoms with van der Waals surface area (Å²) in [6, 6.07) is 5.04. The van der Waals surface area contributed by atoms with E-state index in [9.17, 15) is 19.2 Å². The maximum Gasteiger partial charge on any atom is 0.326 e. The first kappa shape index (κ1) is 20.8. The molecule has 0 unspecified atom stereocenters. The number of benzene rings is 1. The Balaban J connectivity index is 1.55. The molecular formula is C21H27N3O5. The lowest BCUT2D eigenvalue weighted by Gasteiger charge is -2.36. The van der Waals surface area contributed by atoms with Gasteiger partial charge >= 0.3 is 12.0 Å². The highest BCUT2D eigenvalue weighted by atomic mass is 16.5. The zero-order valence-corrected chi connectivity index (χ0v) is 17.0. The van der Waals surface area contributed by atoms with Crippen LogP contribution in [0.2, 0.25) is 0 Å². The van der Waals surface area contributed by atoms with Gasteiger partial charge in [0.25, 0.3) is 11.8 Å². The molecule has 0 radical (unpaired) electrons. The van der Waals surface area contributed by atoms with Gasteiger partial charge in [-0.15, -0.1) is 0 Å². The molecule has 8 nitrogen and oxygen atoms in total. The molecule has 1 spiro atoms. The predicted octanol–water partition coefficient (Wildman–Crippen LogP) is 2.29. The number of anilines is 1. The van der Waals surface area contributed by atoms with Crippen molar-refractivity contribution < 1.29 is 23.9 Å². The van der Waals surface area contributed by atoms with Crippen LogP contribution in [-0.2, 0) is 19.1 Å². The van der Waals surface area contributed by atoms with E-state index in [0.717, 1.165) is 35.3 Å². The van der Waals surface area contributed by atoms with Crippen molar-refractivity contribution >= 4 is 29.5 Å². The zero-order valence-electron chi connectivity index (χ0n) is 17.0. The highest BCUT2D eigenvalue weighted by molar-refractivity contribution is 6.09. The van der Waals surface area contributed by atoms with E-state index in [2.05, 4.69) is 10.6 Å². The second-order valence-corrected chi connectivity index (χ2v) is 7.92. The van der Waals surface area contributed by atoms with Crippen molar-refractivity contribution in [3.05, 3.63) is 29.3 Å². The second-order valence-electron chi connectivity index (χ2n) is 7.92. The molecule has 1 aliphatic carbocycles. The quantitative estimate of drug-likeness (QED) is 0.582. The summed E-state index contributed by atoms with van der Waals surface area (Å²) in [7, 11) is 0. The zero-order chi connectivity index (χ0) is 21.2. The monoisotopic (exact) mass is 401 g/mol. The summed E-state index contributed by atoms with van der Waals surface area (Å²) in [5.74, 6) is -1.65. The second kappa shape index (κ2) is 8.23. The first-order chi connectivity index (χ1) is 13.7. The molecule has 2 aliphatic rings. The van der Waals surface area contributed by atoms with Crippen LogP contribution in [0.15, 0.2) is 18.2 Å². The molecule has 1 aliphatic heterocycles. The molecule has 3 rings (SSSR count). The highest BCUT2D eigenvalue weighted by Crippen LogP contribution is 2.38. The van der Waals surface area contributed by atoms with Crippen LogP contribution < -0.4 is 10.6 Å². The summed E-state index contributed by atoms with van der Waals surface area (Å²) >= 11 is 0. The third-order valence-corrected chi connectivity index (χ3v) is 5.90. The number of imide groups is 1. The minimum absolute atomic E-state index is 0.0110. The molecule has 4 amide bonds. The fourth-order valence-electron chi connectivity index (χ4n) is 4.15. The molecule has 2 N–H and O–H groups in total. The molecule has 0 bridgehead atoms. The van der Waals surface area contributed by atoms with Gasteiger partial charge in [-0.05, 0) is 43.7 Å². The van der Waals surface area contributed by atoms with Crippen molar-refractivity contribution in [3.8, 4) is 0 Å². The van der Waals surface area contributed by atoms with Crippen molar-refractivity contribution in [2.45, 2.75) is 52.0 Å². The van der Waals surface area contributed by atoms with Crippen LogP contribution >= 0.6 is 0 Å². The molecule has 1 saturated carbocycles. The van der Waals surface area contributed by atoms with Crippen LogP contribution in [0.1, 0.15) is 43.7 Å². The van der Waals surface area contributed by atoms with Gasteiger partial charge in [-0.2, -0.15) is 0 Å². The number of para-hydroxylation sites is 1. The number of rotatable bonds is 5. The number of esters is 1. The molecule has 0 aromatic heterocycles. The van der Waals surface area contributed by atoms with E-state index in [1.165, 1.54) is 0 Å². The molecule has 1 aromatic carbocycles. The third kappa shape index (κ3) is 4.11. The molecule has 1 heterocycles. The van der Waals surface area contributed by atoms with Gasteiger partial charge in [0.1, 0.15) is 12.1 Å². The summed E-state index contributed by atoms with van der Waals surface area (Å²) in [6.07, 6.45) is 3.29. The fourth-order valence-corrected chi connectivity index (χ4v) is 4.15. The van der Waals surface area contributed by atoms with E-state index in [1.807, 2.05) is 39.0 Å². The Hall–Kier alpha value is -2.90. The standard InChI is InChI=1S/C21H27N3O5/c1-13-7-6-8-14(2)18(13)22-16(25)12-29-17(26)11-24-19(27)21(23-20(24)28)10-5-4-9-15(21)3/h6-8,15H,4-5,9-12H2,1-3H3,(H,22,25)(H,23,28)/t15-,21-/m0/s1. The highest BCUT2D eigenvalue weighted by Gasteiger charge is 2.55. The van der Waals surface area contributed by atoms with Crippen LogP contribution in [0.25, 0.3) is 0 Å². The molecule has 29 heavy (non-hydrogen) atoms. The number of amides is 4. The van der Waals surface area contributed by atoms with Gasteiger partial charge in [-0.1, -0.05) is 38.0 Å². The Morgan fingerprint density at radius 3 is 2.59 bits per heavy atom. The van der Waals surface area contributed by atoms with E-state index in [0.29, 0.717) is 12.1 Å². The third-order valence-electron chi connectivity index (χ3n) is 5.90. The van der Waals surface area contributed by atoms with E-state index < -0.39 is 36.6 Å². The normalized spacial score (nSPS) is 23.8. The molecular weight excluding hydrogens is 374 g/mol. The van der Waals surface area contributed by atoms with Gasteiger partial charge < -0.3 is 15.4 Å². The van der Waals surface area contributed by atoms with E-state index in [1.54, 1.807) is 0 Å². The lowest BCUT2D eigenvalue weighted by molar-refractivity contribution is -0.150. The Bertz CT molecular complexity index is 832. The number of carbonyl (C=O) groups is 4. The van der Waals surface area contributed by atoms with Crippen molar-refractivity contribution in [1.82, 2.24) is 10.2 Å². The Labute approximate surface area is 170 Å². The minimum Gasteiger partial charge on any atom is -0.454 e. The van der Waals surface area contributed by atoms with E-state index >= 15 is 0 Å². The van der Waals surface area contributed by atoms with Gasteiger partial charge in [0.2, 0.25) is 0 Å². The summed E-state index contributed by atoms with van der Waals surface area (Å²) in [6.45, 7) is 4.69.